The standard InChI is InChI=1S/C16H15ClN2O/c1-10-5-6-13-11(8-10)9-14(20-13)16(18-2)15-12(17)4-3-7-19-15/h3-9,16,18H,1-2H3. The predicted molar refractivity (Wildman–Crippen MR) is 81.1 cm³/mol. The molecule has 0 amide bonds. The largest absolute Gasteiger partial charge is 0.459 e. The van der Waals surface area contributed by atoms with Gasteiger partial charge in [0.25, 0.3) is 0 Å². The molecule has 0 aliphatic rings. The SMILES string of the molecule is CNC(c1cc2cc(C)ccc2o1)c1ncccc1Cl. The smallest absolute Gasteiger partial charge is 0.134 e. The Labute approximate surface area is 122 Å². The number of aromatic nitrogens is 1. The Morgan fingerprint density at radius 1 is 1.25 bits per heavy atom. The summed E-state index contributed by atoms with van der Waals surface area (Å²) in [5, 5.41) is 4.93. The van der Waals surface area contributed by atoms with Crippen LogP contribution in [0.25, 0.3) is 11.0 Å². The summed E-state index contributed by atoms with van der Waals surface area (Å²) in [6.07, 6.45) is 1.73. The van der Waals surface area contributed by atoms with E-state index in [2.05, 4.69) is 23.3 Å². The molecule has 1 unspecified atom stereocenters. The Morgan fingerprint density at radius 3 is 2.85 bits per heavy atom. The molecular formula is C16H15ClN2O. The number of nitrogens with one attached hydrogen (secondary N) is 1. The number of hydrogen-bond acceptors (Lipinski definition) is 3. The van der Waals surface area contributed by atoms with Crippen LogP contribution in [0.15, 0.2) is 47.0 Å². The summed E-state index contributed by atoms with van der Waals surface area (Å²) < 4.78 is 5.92. The molecule has 0 aliphatic carbocycles. The maximum absolute atomic E-state index is 6.23. The minimum absolute atomic E-state index is 0.156. The monoisotopic (exact) mass is 286 g/mol. The van der Waals surface area contributed by atoms with Crippen LogP contribution in [0.4, 0.5) is 0 Å². The second-order valence-corrected chi connectivity index (χ2v) is 5.19. The number of rotatable bonds is 3. The molecule has 4 heteroatoms. The quantitative estimate of drug-likeness (QED) is 0.788. The summed E-state index contributed by atoms with van der Waals surface area (Å²) in [4.78, 5) is 4.36. The van der Waals surface area contributed by atoms with E-state index in [0.29, 0.717) is 5.02 Å². The van der Waals surface area contributed by atoms with E-state index in [1.165, 1.54) is 5.56 Å². The first-order chi connectivity index (χ1) is 9.69. The number of pyridine rings is 1. The van der Waals surface area contributed by atoms with E-state index in [1.807, 2.05) is 37.4 Å². The first kappa shape index (κ1) is 13.2. The van der Waals surface area contributed by atoms with Crippen molar-refractivity contribution in [3.8, 4) is 0 Å². The van der Waals surface area contributed by atoms with E-state index in [1.54, 1.807) is 6.20 Å². The Balaban J connectivity index is 2.10. The van der Waals surface area contributed by atoms with Gasteiger partial charge in [0.15, 0.2) is 0 Å². The number of halogens is 1. The fraction of sp³-hybridized carbons (Fsp3) is 0.188. The number of furan rings is 1. The summed E-state index contributed by atoms with van der Waals surface area (Å²) >= 11 is 6.23. The van der Waals surface area contributed by atoms with Gasteiger partial charge >= 0.3 is 0 Å². The summed E-state index contributed by atoms with van der Waals surface area (Å²) in [5.74, 6) is 0.814. The van der Waals surface area contributed by atoms with Gasteiger partial charge in [0.1, 0.15) is 17.4 Å². The number of aryl methyl sites for hydroxylation is 1. The third-order valence-corrected chi connectivity index (χ3v) is 3.64. The molecule has 2 heterocycles. The molecule has 0 spiro atoms. The Hall–Kier alpha value is -1.84. The highest BCUT2D eigenvalue weighted by molar-refractivity contribution is 6.31. The summed E-state index contributed by atoms with van der Waals surface area (Å²) in [6, 6.07) is 11.7. The summed E-state index contributed by atoms with van der Waals surface area (Å²) in [6.45, 7) is 2.07. The van der Waals surface area contributed by atoms with Crippen LogP contribution in [-0.2, 0) is 0 Å². The van der Waals surface area contributed by atoms with Crippen LogP contribution in [0.3, 0.4) is 0 Å². The molecule has 2 aromatic heterocycles. The molecule has 0 aliphatic heterocycles. The van der Waals surface area contributed by atoms with Crippen LogP contribution in [0.5, 0.6) is 0 Å². The fourth-order valence-corrected chi connectivity index (χ4v) is 2.58. The zero-order chi connectivity index (χ0) is 14.1. The second-order valence-electron chi connectivity index (χ2n) is 4.78. The molecule has 102 valence electrons. The highest BCUT2D eigenvalue weighted by Gasteiger charge is 2.20. The van der Waals surface area contributed by atoms with E-state index >= 15 is 0 Å². The maximum Gasteiger partial charge on any atom is 0.134 e. The highest BCUT2D eigenvalue weighted by atomic mass is 35.5. The molecule has 3 aromatic rings. The predicted octanol–water partition coefficient (Wildman–Crippen LogP) is 4.10. The number of nitrogens with zero attached hydrogens (tertiary/aromatic N) is 1. The lowest BCUT2D eigenvalue weighted by Crippen LogP contribution is -2.18. The van der Waals surface area contributed by atoms with Crippen molar-refractivity contribution in [1.29, 1.82) is 0 Å². The summed E-state index contributed by atoms with van der Waals surface area (Å²) in [7, 11) is 1.87. The zero-order valence-electron chi connectivity index (χ0n) is 11.4. The average Bonchev–Trinajstić information content (AvgIpc) is 2.84. The number of benzene rings is 1. The van der Waals surface area contributed by atoms with Crippen LogP contribution < -0.4 is 5.32 Å². The molecule has 0 saturated carbocycles. The van der Waals surface area contributed by atoms with Gasteiger partial charge in [-0.3, -0.25) is 4.98 Å². The maximum atomic E-state index is 6.23. The third kappa shape index (κ3) is 2.30. The normalized spacial score (nSPS) is 12.8. The minimum atomic E-state index is -0.156. The topological polar surface area (TPSA) is 38.1 Å². The molecule has 0 fully saturated rings. The van der Waals surface area contributed by atoms with Crippen molar-refractivity contribution in [3.63, 3.8) is 0 Å². The highest BCUT2D eigenvalue weighted by Crippen LogP contribution is 2.30. The Kier molecular flexibility index (Phi) is 3.47. The van der Waals surface area contributed by atoms with Crippen LogP contribution in [0, 0.1) is 6.92 Å². The van der Waals surface area contributed by atoms with Gasteiger partial charge in [0.2, 0.25) is 0 Å². The van der Waals surface area contributed by atoms with E-state index in [0.717, 1.165) is 22.4 Å². The van der Waals surface area contributed by atoms with Gasteiger partial charge in [0.05, 0.1) is 10.7 Å². The van der Waals surface area contributed by atoms with Gasteiger partial charge in [-0.1, -0.05) is 23.2 Å². The van der Waals surface area contributed by atoms with Crippen LogP contribution in [0.1, 0.15) is 23.1 Å². The molecule has 1 N–H and O–H groups in total. The molecule has 1 atom stereocenters. The van der Waals surface area contributed by atoms with Crippen molar-refractivity contribution >= 4 is 22.6 Å². The second kappa shape index (κ2) is 5.27. The van der Waals surface area contributed by atoms with E-state index in [9.17, 15) is 0 Å². The minimum Gasteiger partial charge on any atom is -0.459 e. The molecule has 20 heavy (non-hydrogen) atoms. The van der Waals surface area contributed by atoms with Gasteiger partial charge in [0, 0.05) is 11.6 Å². The van der Waals surface area contributed by atoms with Gasteiger partial charge in [-0.15, -0.1) is 0 Å². The molecule has 1 aromatic carbocycles. The van der Waals surface area contributed by atoms with Gasteiger partial charge < -0.3 is 9.73 Å². The van der Waals surface area contributed by atoms with Crippen molar-refractivity contribution in [3.05, 3.63) is 64.6 Å². The lowest BCUT2D eigenvalue weighted by Gasteiger charge is -2.13. The molecule has 0 bridgehead atoms. The average molecular weight is 287 g/mol. The zero-order valence-corrected chi connectivity index (χ0v) is 12.1. The number of hydrogen-bond donors (Lipinski definition) is 1. The Bertz CT molecular complexity index is 751. The lowest BCUT2D eigenvalue weighted by atomic mass is 10.1. The van der Waals surface area contributed by atoms with Crippen molar-refractivity contribution in [2.24, 2.45) is 0 Å². The lowest BCUT2D eigenvalue weighted by molar-refractivity contribution is 0.486. The fourth-order valence-electron chi connectivity index (χ4n) is 2.35. The van der Waals surface area contributed by atoms with E-state index < -0.39 is 0 Å². The van der Waals surface area contributed by atoms with Crippen molar-refractivity contribution in [2.45, 2.75) is 13.0 Å². The first-order valence-corrected chi connectivity index (χ1v) is 6.84. The van der Waals surface area contributed by atoms with Gasteiger partial charge in [-0.2, -0.15) is 0 Å². The molecule has 3 nitrogen and oxygen atoms in total. The number of fused-ring (bicyclic) bond motifs is 1. The van der Waals surface area contributed by atoms with Crippen molar-refractivity contribution in [2.75, 3.05) is 7.05 Å². The van der Waals surface area contributed by atoms with Gasteiger partial charge in [-0.25, -0.2) is 0 Å². The third-order valence-electron chi connectivity index (χ3n) is 3.32. The van der Waals surface area contributed by atoms with Crippen molar-refractivity contribution in [1.82, 2.24) is 10.3 Å². The van der Waals surface area contributed by atoms with Crippen LogP contribution in [0.2, 0.25) is 5.02 Å². The van der Waals surface area contributed by atoms with E-state index in [4.69, 9.17) is 16.0 Å². The molecule has 3 rings (SSSR count). The van der Waals surface area contributed by atoms with Crippen molar-refractivity contribution < 1.29 is 4.42 Å². The van der Waals surface area contributed by atoms with Crippen LogP contribution in [-0.4, -0.2) is 12.0 Å². The molecule has 0 radical (unpaired) electrons. The molecular weight excluding hydrogens is 272 g/mol. The molecule has 0 saturated heterocycles. The van der Waals surface area contributed by atoms with Gasteiger partial charge in [-0.05, 0) is 44.3 Å². The first-order valence-electron chi connectivity index (χ1n) is 6.47. The van der Waals surface area contributed by atoms with Crippen LogP contribution >= 0.6 is 11.6 Å². The summed E-state index contributed by atoms with van der Waals surface area (Å²) in [5.41, 5.74) is 2.85. The Morgan fingerprint density at radius 2 is 2.10 bits per heavy atom. The van der Waals surface area contributed by atoms with E-state index in [-0.39, 0.29) is 6.04 Å².